The summed E-state index contributed by atoms with van der Waals surface area (Å²) >= 11 is 0. The van der Waals surface area contributed by atoms with Crippen LogP contribution < -0.4 is 15.7 Å². The SMILES string of the molecule is Cc1cc(NC(=O)COc2ccc3c(C(F)(F)F)cc(=O)oc3c2)no1. The van der Waals surface area contributed by atoms with Gasteiger partial charge in [0.25, 0.3) is 5.91 Å². The van der Waals surface area contributed by atoms with Gasteiger partial charge in [-0.15, -0.1) is 0 Å². The molecule has 1 aromatic carbocycles. The summed E-state index contributed by atoms with van der Waals surface area (Å²) in [4.78, 5) is 23.1. The van der Waals surface area contributed by atoms with E-state index in [2.05, 4.69) is 10.5 Å². The monoisotopic (exact) mass is 368 g/mol. The van der Waals surface area contributed by atoms with Gasteiger partial charge in [0.2, 0.25) is 0 Å². The molecule has 10 heteroatoms. The summed E-state index contributed by atoms with van der Waals surface area (Å²) < 4.78 is 53.7. The van der Waals surface area contributed by atoms with Crippen molar-refractivity contribution in [2.75, 3.05) is 11.9 Å². The number of halogens is 3. The molecule has 0 saturated carbocycles. The van der Waals surface area contributed by atoms with Crippen molar-refractivity contribution in [2.24, 2.45) is 0 Å². The van der Waals surface area contributed by atoms with Gasteiger partial charge in [-0.05, 0) is 19.1 Å². The second kappa shape index (κ2) is 6.54. The molecule has 0 aliphatic carbocycles. The van der Waals surface area contributed by atoms with Crippen molar-refractivity contribution in [2.45, 2.75) is 13.1 Å². The summed E-state index contributed by atoms with van der Waals surface area (Å²) in [7, 11) is 0. The van der Waals surface area contributed by atoms with E-state index in [0.717, 1.165) is 12.1 Å². The zero-order chi connectivity index (χ0) is 18.9. The van der Waals surface area contributed by atoms with E-state index >= 15 is 0 Å². The third-order valence-electron chi connectivity index (χ3n) is 3.29. The predicted molar refractivity (Wildman–Crippen MR) is 82.9 cm³/mol. The lowest BCUT2D eigenvalue weighted by molar-refractivity contribution is -0.136. The Morgan fingerprint density at radius 3 is 2.69 bits per heavy atom. The van der Waals surface area contributed by atoms with Crippen LogP contribution in [0.3, 0.4) is 0 Å². The quantitative estimate of drug-likeness (QED) is 0.711. The van der Waals surface area contributed by atoms with Crippen LogP contribution >= 0.6 is 0 Å². The van der Waals surface area contributed by atoms with Crippen molar-refractivity contribution in [3.63, 3.8) is 0 Å². The van der Waals surface area contributed by atoms with Gasteiger partial charge in [0.05, 0.1) is 5.56 Å². The second-order valence-corrected chi connectivity index (χ2v) is 5.29. The van der Waals surface area contributed by atoms with Gasteiger partial charge < -0.3 is 19.0 Å². The molecule has 0 unspecified atom stereocenters. The van der Waals surface area contributed by atoms with Crippen LogP contribution in [0.5, 0.6) is 5.75 Å². The normalized spacial score (nSPS) is 11.5. The molecule has 2 aromatic heterocycles. The number of aromatic nitrogens is 1. The van der Waals surface area contributed by atoms with E-state index in [1.165, 1.54) is 12.1 Å². The molecule has 7 nitrogen and oxygen atoms in total. The van der Waals surface area contributed by atoms with Crippen molar-refractivity contribution in [3.05, 3.63) is 52.1 Å². The Hall–Kier alpha value is -3.30. The number of aryl methyl sites for hydroxylation is 1. The number of carbonyl (C=O) groups excluding carboxylic acids is 1. The molecule has 2 heterocycles. The van der Waals surface area contributed by atoms with Crippen molar-refractivity contribution < 1.29 is 31.6 Å². The molecule has 26 heavy (non-hydrogen) atoms. The third-order valence-corrected chi connectivity index (χ3v) is 3.29. The maximum atomic E-state index is 13.0. The van der Waals surface area contributed by atoms with Crippen molar-refractivity contribution >= 4 is 22.7 Å². The molecule has 0 aliphatic rings. The maximum Gasteiger partial charge on any atom is 0.417 e. The minimum atomic E-state index is -4.70. The molecule has 0 aliphatic heterocycles. The molecule has 0 fully saturated rings. The van der Waals surface area contributed by atoms with Gasteiger partial charge in [-0.1, -0.05) is 5.16 Å². The molecule has 0 atom stereocenters. The number of nitrogens with one attached hydrogen (secondary N) is 1. The first-order valence-electron chi connectivity index (χ1n) is 7.23. The van der Waals surface area contributed by atoms with E-state index in [-0.39, 0.29) is 22.5 Å². The summed E-state index contributed by atoms with van der Waals surface area (Å²) in [5, 5.41) is 5.71. The summed E-state index contributed by atoms with van der Waals surface area (Å²) in [5.74, 6) is 0.219. The van der Waals surface area contributed by atoms with Gasteiger partial charge in [-0.25, -0.2) is 4.79 Å². The lowest BCUT2D eigenvalue weighted by Crippen LogP contribution is -2.20. The van der Waals surface area contributed by atoms with Crippen molar-refractivity contribution in [1.29, 1.82) is 0 Å². The molecule has 1 amide bonds. The number of rotatable bonds is 4. The number of benzene rings is 1. The molecule has 1 N–H and O–H groups in total. The highest BCUT2D eigenvalue weighted by molar-refractivity contribution is 5.91. The van der Waals surface area contributed by atoms with Crippen molar-refractivity contribution in [3.8, 4) is 5.75 Å². The van der Waals surface area contributed by atoms with Crippen LogP contribution in [0.1, 0.15) is 11.3 Å². The molecule has 3 aromatic rings. The Morgan fingerprint density at radius 1 is 1.27 bits per heavy atom. The number of alkyl halides is 3. The fourth-order valence-electron chi connectivity index (χ4n) is 2.22. The maximum absolute atomic E-state index is 13.0. The summed E-state index contributed by atoms with van der Waals surface area (Å²) in [6, 6.07) is 5.34. The second-order valence-electron chi connectivity index (χ2n) is 5.29. The van der Waals surface area contributed by atoms with Gasteiger partial charge in [0.1, 0.15) is 17.1 Å². The molecule has 0 bridgehead atoms. The highest BCUT2D eigenvalue weighted by atomic mass is 19.4. The summed E-state index contributed by atoms with van der Waals surface area (Å²) in [6.45, 7) is 1.22. The van der Waals surface area contributed by atoms with Crippen LogP contribution in [0.2, 0.25) is 0 Å². The smallest absolute Gasteiger partial charge is 0.417 e. The first kappa shape index (κ1) is 17.5. The number of fused-ring (bicyclic) bond motifs is 1. The Morgan fingerprint density at radius 2 is 2.04 bits per heavy atom. The Kier molecular flexibility index (Phi) is 4.41. The zero-order valence-electron chi connectivity index (χ0n) is 13.2. The highest BCUT2D eigenvalue weighted by Gasteiger charge is 2.33. The van der Waals surface area contributed by atoms with Crippen LogP contribution in [-0.4, -0.2) is 17.7 Å². The predicted octanol–water partition coefficient (Wildman–Crippen LogP) is 3.13. The zero-order valence-corrected chi connectivity index (χ0v) is 13.2. The molecule has 0 radical (unpaired) electrons. The van der Waals surface area contributed by atoms with E-state index in [0.29, 0.717) is 11.8 Å². The topological polar surface area (TPSA) is 94.6 Å². The Labute approximate surface area is 143 Å². The van der Waals surface area contributed by atoms with Crippen LogP contribution in [-0.2, 0) is 11.0 Å². The van der Waals surface area contributed by atoms with E-state index in [1.807, 2.05) is 0 Å². The average molecular weight is 368 g/mol. The van der Waals surface area contributed by atoms with Gasteiger partial charge in [0.15, 0.2) is 12.4 Å². The van der Waals surface area contributed by atoms with Crippen LogP contribution in [0.15, 0.2) is 44.1 Å². The van der Waals surface area contributed by atoms with Gasteiger partial charge in [-0.3, -0.25) is 4.79 Å². The minimum Gasteiger partial charge on any atom is -0.484 e. The van der Waals surface area contributed by atoms with E-state index in [1.54, 1.807) is 6.92 Å². The fraction of sp³-hybridized carbons (Fsp3) is 0.188. The molecular formula is C16H11F3N2O5. The van der Waals surface area contributed by atoms with Crippen LogP contribution in [0.25, 0.3) is 11.0 Å². The largest absolute Gasteiger partial charge is 0.484 e. The number of anilines is 1. The molecule has 136 valence electrons. The standard InChI is InChI=1S/C16H11F3N2O5/c1-8-4-13(21-26-8)20-14(22)7-24-9-2-3-10-11(16(17,18)19)6-15(23)25-12(10)5-9/h2-6H,7H2,1H3,(H,20,21,22). The number of carbonyl (C=O) groups is 1. The number of hydrogen-bond acceptors (Lipinski definition) is 6. The lowest BCUT2D eigenvalue weighted by Gasteiger charge is -2.10. The fourth-order valence-corrected chi connectivity index (χ4v) is 2.22. The first-order valence-corrected chi connectivity index (χ1v) is 7.23. The number of ether oxygens (including phenoxy) is 1. The van der Waals surface area contributed by atoms with Crippen LogP contribution in [0.4, 0.5) is 19.0 Å². The Balaban J connectivity index is 1.77. The Bertz CT molecular complexity index is 1020. The molecule has 0 spiro atoms. The van der Waals surface area contributed by atoms with E-state index in [4.69, 9.17) is 13.7 Å². The highest BCUT2D eigenvalue weighted by Crippen LogP contribution is 2.34. The molecule has 0 saturated heterocycles. The lowest BCUT2D eigenvalue weighted by atomic mass is 10.1. The van der Waals surface area contributed by atoms with Gasteiger partial charge in [0, 0.05) is 23.6 Å². The van der Waals surface area contributed by atoms with E-state index in [9.17, 15) is 22.8 Å². The van der Waals surface area contributed by atoms with Gasteiger partial charge in [-0.2, -0.15) is 13.2 Å². The summed E-state index contributed by atoms with van der Waals surface area (Å²) in [6.07, 6.45) is -4.70. The molecule has 3 rings (SSSR count). The van der Waals surface area contributed by atoms with Crippen molar-refractivity contribution in [1.82, 2.24) is 5.16 Å². The average Bonchev–Trinajstić information content (AvgIpc) is 2.95. The minimum absolute atomic E-state index is 0.0615. The third kappa shape index (κ3) is 3.85. The van der Waals surface area contributed by atoms with E-state index < -0.39 is 29.9 Å². The number of hydrogen-bond donors (Lipinski definition) is 1. The summed E-state index contributed by atoms with van der Waals surface area (Å²) in [5.41, 5.74) is -2.54. The van der Waals surface area contributed by atoms with Crippen LogP contribution in [0, 0.1) is 6.92 Å². The van der Waals surface area contributed by atoms with Gasteiger partial charge >= 0.3 is 11.8 Å². The number of amides is 1. The number of nitrogens with zero attached hydrogens (tertiary/aromatic N) is 1. The first-order chi connectivity index (χ1) is 12.2. The molecular weight excluding hydrogens is 357 g/mol.